The number of aliphatic hydroxyl groups is 1. The highest BCUT2D eigenvalue weighted by molar-refractivity contribution is 6.31. The van der Waals surface area contributed by atoms with Gasteiger partial charge < -0.3 is 10.4 Å². The molecule has 3 nitrogen and oxygen atoms in total. The van der Waals surface area contributed by atoms with Crippen molar-refractivity contribution in [1.82, 2.24) is 5.32 Å². The number of carbonyl (C=O) groups is 1. The quantitative estimate of drug-likeness (QED) is 0.877. The number of carbonyl (C=O) groups excluding carboxylic acids is 1. The van der Waals surface area contributed by atoms with Crippen LogP contribution >= 0.6 is 11.6 Å². The summed E-state index contributed by atoms with van der Waals surface area (Å²) in [6.07, 6.45) is 4.49. The van der Waals surface area contributed by atoms with Gasteiger partial charge in [-0.05, 0) is 30.9 Å². The first-order valence-corrected chi connectivity index (χ1v) is 7.60. The van der Waals surface area contributed by atoms with E-state index in [4.69, 9.17) is 11.6 Å². The third kappa shape index (κ3) is 3.53. The van der Waals surface area contributed by atoms with Gasteiger partial charge >= 0.3 is 0 Å². The number of hydrogen-bond acceptors (Lipinski definition) is 2. The van der Waals surface area contributed by atoms with Crippen molar-refractivity contribution < 1.29 is 9.90 Å². The van der Waals surface area contributed by atoms with E-state index in [1.54, 1.807) is 0 Å². The maximum Gasteiger partial charge on any atom is 0.223 e. The van der Waals surface area contributed by atoms with Crippen LogP contribution in [0.4, 0.5) is 0 Å². The Morgan fingerprint density at radius 3 is 2.65 bits per heavy atom. The van der Waals surface area contributed by atoms with E-state index < -0.39 is 5.54 Å². The summed E-state index contributed by atoms with van der Waals surface area (Å²) >= 11 is 6.13. The van der Waals surface area contributed by atoms with Crippen LogP contribution in [0.2, 0.25) is 5.02 Å². The Kier molecular flexibility index (Phi) is 5.06. The van der Waals surface area contributed by atoms with Crippen molar-refractivity contribution in [2.45, 2.75) is 44.6 Å². The van der Waals surface area contributed by atoms with E-state index in [0.29, 0.717) is 11.4 Å². The summed E-state index contributed by atoms with van der Waals surface area (Å²) in [5, 5.41) is 13.3. The van der Waals surface area contributed by atoms with Crippen LogP contribution in [0.25, 0.3) is 0 Å². The summed E-state index contributed by atoms with van der Waals surface area (Å²) < 4.78 is 0. The maximum absolute atomic E-state index is 12.3. The highest BCUT2D eigenvalue weighted by Crippen LogP contribution is 2.29. The SMILES string of the molecule is CC(Cc1ccccc1Cl)C(=O)NC1(CO)CCCC1. The smallest absolute Gasteiger partial charge is 0.223 e. The molecule has 2 N–H and O–H groups in total. The lowest BCUT2D eigenvalue weighted by Gasteiger charge is -2.29. The van der Waals surface area contributed by atoms with E-state index in [0.717, 1.165) is 31.2 Å². The molecule has 1 aromatic carbocycles. The van der Waals surface area contributed by atoms with Gasteiger partial charge in [-0.25, -0.2) is 0 Å². The molecule has 0 saturated heterocycles. The molecule has 4 heteroatoms. The average molecular weight is 296 g/mol. The third-order valence-electron chi connectivity index (χ3n) is 4.18. The van der Waals surface area contributed by atoms with Crippen LogP contribution in [-0.2, 0) is 11.2 Å². The van der Waals surface area contributed by atoms with E-state index in [1.165, 1.54) is 0 Å². The molecule has 0 aliphatic heterocycles. The molecule has 1 saturated carbocycles. The molecule has 0 spiro atoms. The van der Waals surface area contributed by atoms with Gasteiger partial charge in [-0.3, -0.25) is 4.79 Å². The predicted molar refractivity (Wildman–Crippen MR) is 80.7 cm³/mol. The first-order chi connectivity index (χ1) is 9.56. The number of halogens is 1. The molecule has 1 aliphatic rings. The van der Waals surface area contributed by atoms with E-state index in [-0.39, 0.29) is 18.4 Å². The fraction of sp³-hybridized carbons (Fsp3) is 0.562. The lowest BCUT2D eigenvalue weighted by molar-refractivity contribution is -0.127. The van der Waals surface area contributed by atoms with Gasteiger partial charge in [-0.15, -0.1) is 0 Å². The normalized spacial score (nSPS) is 18.8. The zero-order valence-electron chi connectivity index (χ0n) is 11.9. The second-order valence-electron chi connectivity index (χ2n) is 5.83. The first-order valence-electron chi connectivity index (χ1n) is 7.23. The van der Waals surface area contributed by atoms with Crippen LogP contribution in [0.1, 0.15) is 38.2 Å². The summed E-state index contributed by atoms with van der Waals surface area (Å²) in [6, 6.07) is 7.60. The van der Waals surface area contributed by atoms with Crippen LogP contribution in [0.5, 0.6) is 0 Å². The van der Waals surface area contributed by atoms with E-state index >= 15 is 0 Å². The van der Waals surface area contributed by atoms with Crippen molar-refractivity contribution in [2.75, 3.05) is 6.61 Å². The van der Waals surface area contributed by atoms with Crippen LogP contribution in [0, 0.1) is 5.92 Å². The summed E-state index contributed by atoms with van der Waals surface area (Å²) in [7, 11) is 0. The van der Waals surface area contributed by atoms with Gasteiger partial charge in [0.1, 0.15) is 0 Å². The molecular formula is C16H22ClNO2. The average Bonchev–Trinajstić information content (AvgIpc) is 2.90. The van der Waals surface area contributed by atoms with Gasteiger partial charge in [0, 0.05) is 10.9 Å². The lowest BCUT2D eigenvalue weighted by atomic mass is 9.95. The number of amides is 1. The molecule has 1 atom stereocenters. The molecule has 2 rings (SSSR count). The molecule has 1 aliphatic carbocycles. The van der Waals surface area contributed by atoms with Crippen molar-refractivity contribution in [2.24, 2.45) is 5.92 Å². The Hall–Kier alpha value is -1.06. The number of nitrogens with one attached hydrogen (secondary N) is 1. The van der Waals surface area contributed by atoms with Gasteiger partial charge in [0.05, 0.1) is 12.1 Å². The second-order valence-corrected chi connectivity index (χ2v) is 6.24. The van der Waals surface area contributed by atoms with Crippen LogP contribution < -0.4 is 5.32 Å². The van der Waals surface area contributed by atoms with Crippen molar-refractivity contribution in [3.05, 3.63) is 34.9 Å². The van der Waals surface area contributed by atoms with Crippen LogP contribution in [-0.4, -0.2) is 23.2 Å². The van der Waals surface area contributed by atoms with Gasteiger partial charge in [0.25, 0.3) is 0 Å². The number of rotatable bonds is 5. The molecule has 0 heterocycles. The highest BCUT2D eigenvalue weighted by atomic mass is 35.5. The topological polar surface area (TPSA) is 49.3 Å². The van der Waals surface area contributed by atoms with E-state index in [2.05, 4.69) is 5.32 Å². The fourth-order valence-electron chi connectivity index (χ4n) is 2.85. The van der Waals surface area contributed by atoms with Crippen LogP contribution in [0.15, 0.2) is 24.3 Å². The molecule has 1 amide bonds. The van der Waals surface area contributed by atoms with Crippen LogP contribution in [0.3, 0.4) is 0 Å². The number of benzene rings is 1. The molecule has 0 radical (unpaired) electrons. The second kappa shape index (κ2) is 6.59. The van der Waals surface area contributed by atoms with E-state index in [1.807, 2.05) is 31.2 Å². The molecule has 20 heavy (non-hydrogen) atoms. The molecular weight excluding hydrogens is 274 g/mol. The van der Waals surface area contributed by atoms with Crippen molar-refractivity contribution in [3.63, 3.8) is 0 Å². The summed E-state index contributed by atoms with van der Waals surface area (Å²) in [4.78, 5) is 12.3. The minimum absolute atomic E-state index is 0.000805. The van der Waals surface area contributed by atoms with Crippen molar-refractivity contribution in [1.29, 1.82) is 0 Å². The molecule has 1 unspecified atom stereocenters. The molecule has 0 aromatic heterocycles. The Labute approximate surface area is 125 Å². The number of aliphatic hydroxyl groups excluding tert-OH is 1. The summed E-state index contributed by atoms with van der Waals surface area (Å²) in [5.74, 6) is -0.153. The van der Waals surface area contributed by atoms with Gasteiger partial charge in [-0.1, -0.05) is 49.6 Å². The summed E-state index contributed by atoms with van der Waals surface area (Å²) in [5.41, 5.74) is 0.590. The Bertz CT molecular complexity index is 469. The zero-order chi connectivity index (χ0) is 14.6. The first kappa shape index (κ1) is 15.3. The zero-order valence-corrected chi connectivity index (χ0v) is 12.6. The maximum atomic E-state index is 12.3. The highest BCUT2D eigenvalue weighted by Gasteiger charge is 2.35. The van der Waals surface area contributed by atoms with E-state index in [9.17, 15) is 9.90 Å². The standard InChI is InChI=1S/C16H22ClNO2/c1-12(10-13-6-2-3-7-14(13)17)15(20)18-16(11-19)8-4-5-9-16/h2-3,6-7,12,19H,4-5,8-11H2,1H3,(H,18,20). The van der Waals surface area contributed by atoms with Crippen molar-refractivity contribution >= 4 is 17.5 Å². The lowest BCUT2D eigenvalue weighted by Crippen LogP contribution is -2.51. The summed E-state index contributed by atoms with van der Waals surface area (Å²) in [6.45, 7) is 1.93. The van der Waals surface area contributed by atoms with Crippen molar-refractivity contribution in [3.8, 4) is 0 Å². The van der Waals surface area contributed by atoms with Gasteiger partial charge in [-0.2, -0.15) is 0 Å². The molecule has 1 fully saturated rings. The minimum atomic E-state index is -0.397. The number of hydrogen-bond donors (Lipinski definition) is 2. The predicted octanol–water partition coefficient (Wildman–Crippen LogP) is 2.94. The molecule has 110 valence electrons. The van der Waals surface area contributed by atoms with Gasteiger partial charge in [0.2, 0.25) is 5.91 Å². The Balaban J connectivity index is 1.97. The monoisotopic (exact) mass is 295 g/mol. The molecule has 0 bridgehead atoms. The fourth-order valence-corrected chi connectivity index (χ4v) is 3.06. The Morgan fingerprint density at radius 1 is 1.40 bits per heavy atom. The minimum Gasteiger partial charge on any atom is -0.394 e. The largest absolute Gasteiger partial charge is 0.394 e. The Morgan fingerprint density at radius 2 is 2.05 bits per heavy atom. The molecule has 1 aromatic rings. The van der Waals surface area contributed by atoms with Gasteiger partial charge in [0.15, 0.2) is 0 Å². The third-order valence-corrected chi connectivity index (χ3v) is 4.55.